The van der Waals surface area contributed by atoms with Crippen LogP contribution in [0.5, 0.6) is 11.5 Å². The summed E-state index contributed by atoms with van der Waals surface area (Å²) in [5.74, 6) is -1.01. The summed E-state index contributed by atoms with van der Waals surface area (Å²) in [4.78, 5) is 26.0. The highest BCUT2D eigenvalue weighted by atomic mass is 16.8. The van der Waals surface area contributed by atoms with Crippen molar-refractivity contribution in [1.82, 2.24) is 0 Å². The molecule has 0 radical (unpaired) electrons. The second kappa shape index (κ2) is 10.5. The van der Waals surface area contributed by atoms with E-state index in [4.69, 9.17) is 28.4 Å². The minimum atomic E-state index is -0.874. The topological polar surface area (TPSA) is 89.5 Å². The molecule has 0 amide bonds. The largest absolute Gasteiger partial charge is 0.497 e. The molecule has 0 bridgehead atoms. The molecule has 0 aromatic heterocycles. The van der Waals surface area contributed by atoms with E-state index in [1.54, 1.807) is 45.1 Å². The Morgan fingerprint density at radius 1 is 1.09 bits per heavy atom. The molecule has 8 heteroatoms. The standard InChI is InChI=1S/C25H32O8/c1-15-10-11-19(26)23-20(32-25(3,4)33-23)9-7-8-17-12-18(29-6)13-21(30-14-28-5)22(17)24(27)31-16(15)2/h7-8,10-13,15-16,20,23H,9,14H2,1-6H3/b8-7?,11-10-/t15-,16+,20+,23?/m1/s1. The average Bonchev–Trinajstić information content (AvgIpc) is 3.08. The first-order valence-electron chi connectivity index (χ1n) is 10.9. The predicted molar refractivity (Wildman–Crippen MR) is 121 cm³/mol. The van der Waals surface area contributed by atoms with Crippen molar-refractivity contribution in [2.45, 2.75) is 58.2 Å². The predicted octanol–water partition coefficient (Wildman–Crippen LogP) is 3.92. The molecule has 0 saturated carbocycles. The van der Waals surface area contributed by atoms with Crippen LogP contribution >= 0.6 is 0 Å². The van der Waals surface area contributed by atoms with Crippen LogP contribution in [0.3, 0.4) is 0 Å². The number of benzene rings is 1. The molecule has 1 aromatic rings. The summed E-state index contributed by atoms with van der Waals surface area (Å²) in [7, 11) is 3.03. The van der Waals surface area contributed by atoms with Crippen molar-refractivity contribution in [2.24, 2.45) is 5.92 Å². The van der Waals surface area contributed by atoms with Crippen molar-refractivity contribution in [1.29, 1.82) is 0 Å². The maximum absolute atomic E-state index is 13.2. The number of hydrogen-bond acceptors (Lipinski definition) is 8. The van der Waals surface area contributed by atoms with E-state index in [0.717, 1.165) is 0 Å². The second-order valence-corrected chi connectivity index (χ2v) is 8.60. The molecule has 1 aromatic carbocycles. The van der Waals surface area contributed by atoms with Gasteiger partial charge in [-0.2, -0.15) is 0 Å². The molecule has 0 aliphatic carbocycles. The van der Waals surface area contributed by atoms with E-state index in [1.165, 1.54) is 20.3 Å². The zero-order valence-corrected chi connectivity index (χ0v) is 20.0. The number of ether oxygens (including phenoxy) is 6. The van der Waals surface area contributed by atoms with Gasteiger partial charge >= 0.3 is 5.97 Å². The number of rotatable bonds is 4. The van der Waals surface area contributed by atoms with Crippen LogP contribution in [0.25, 0.3) is 6.08 Å². The molecule has 1 saturated heterocycles. The molecule has 2 heterocycles. The van der Waals surface area contributed by atoms with Crippen molar-refractivity contribution >= 4 is 17.8 Å². The van der Waals surface area contributed by atoms with Gasteiger partial charge in [0.1, 0.15) is 29.3 Å². The average molecular weight is 461 g/mol. The Balaban J connectivity index is 2.07. The third kappa shape index (κ3) is 6.01. The van der Waals surface area contributed by atoms with E-state index in [2.05, 4.69) is 0 Å². The summed E-state index contributed by atoms with van der Waals surface area (Å²) in [5, 5.41) is 0. The molecule has 0 N–H and O–H groups in total. The van der Waals surface area contributed by atoms with Gasteiger partial charge in [-0.1, -0.05) is 25.2 Å². The summed E-state index contributed by atoms with van der Waals surface area (Å²) < 4.78 is 33.7. The van der Waals surface area contributed by atoms with Crippen LogP contribution < -0.4 is 9.47 Å². The second-order valence-electron chi connectivity index (χ2n) is 8.60. The third-order valence-corrected chi connectivity index (χ3v) is 5.61. The van der Waals surface area contributed by atoms with E-state index in [-0.39, 0.29) is 29.8 Å². The fourth-order valence-electron chi connectivity index (χ4n) is 3.73. The number of fused-ring (bicyclic) bond motifs is 2. The zero-order chi connectivity index (χ0) is 24.2. The number of cyclic esters (lactones) is 1. The van der Waals surface area contributed by atoms with Crippen LogP contribution in [-0.2, 0) is 23.7 Å². The zero-order valence-electron chi connectivity index (χ0n) is 20.0. The first kappa shape index (κ1) is 25.0. The van der Waals surface area contributed by atoms with Gasteiger partial charge in [-0.25, -0.2) is 4.79 Å². The number of carbonyl (C=O) groups is 2. The van der Waals surface area contributed by atoms with E-state index >= 15 is 0 Å². The van der Waals surface area contributed by atoms with Crippen LogP contribution in [0.4, 0.5) is 0 Å². The van der Waals surface area contributed by atoms with Gasteiger partial charge in [0.2, 0.25) is 0 Å². The molecule has 1 unspecified atom stereocenters. The van der Waals surface area contributed by atoms with E-state index in [1.807, 2.05) is 13.0 Å². The molecule has 3 rings (SSSR count). The lowest BCUT2D eigenvalue weighted by molar-refractivity contribution is -0.152. The van der Waals surface area contributed by atoms with E-state index < -0.39 is 30.1 Å². The molecule has 2 aliphatic rings. The molecule has 33 heavy (non-hydrogen) atoms. The Kier molecular flexibility index (Phi) is 7.94. The maximum atomic E-state index is 13.2. The molecule has 8 nitrogen and oxygen atoms in total. The summed E-state index contributed by atoms with van der Waals surface area (Å²) in [6.07, 6.45) is 5.54. The van der Waals surface area contributed by atoms with Crippen LogP contribution in [0.15, 0.2) is 30.4 Å². The van der Waals surface area contributed by atoms with Gasteiger partial charge in [0.25, 0.3) is 0 Å². The van der Waals surface area contributed by atoms with Gasteiger partial charge < -0.3 is 28.4 Å². The number of methoxy groups -OCH3 is 2. The highest BCUT2D eigenvalue weighted by Gasteiger charge is 2.43. The van der Waals surface area contributed by atoms with Crippen LogP contribution in [-0.4, -0.2) is 56.9 Å². The Hall–Kier alpha value is -2.68. The molecule has 1 fully saturated rings. The van der Waals surface area contributed by atoms with Gasteiger partial charge in [0.05, 0.1) is 13.2 Å². The Morgan fingerprint density at radius 3 is 2.55 bits per heavy atom. The maximum Gasteiger partial charge on any atom is 0.342 e. The van der Waals surface area contributed by atoms with E-state index in [9.17, 15) is 9.59 Å². The first-order chi connectivity index (χ1) is 15.6. The molecule has 2 aliphatic heterocycles. The first-order valence-corrected chi connectivity index (χ1v) is 10.9. The quantitative estimate of drug-likeness (QED) is 0.493. The monoisotopic (exact) mass is 460 g/mol. The summed E-state index contributed by atoms with van der Waals surface area (Å²) in [5.41, 5.74) is 0.819. The van der Waals surface area contributed by atoms with Gasteiger partial charge in [-0.3, -0.25) is 4.79 Å². The number of hydrogen-bond donors (Lipinski definition) is 0. The lowest BCUT2D eigenvalue weighted by atomic mass is 9.99. The summed E-state index contributed by atoms with van der Waals surface area (Å²) >= 11 is 0. The highest BCUT2D eigenvalue weighted by molar-refractivity contribution is 5.97. The Morgan fingerprint density at radius 2 is 1.85 bits per heavy atom. The van der Waals surface area contributed by atoms with Crippen molar-refractivity contribution in [3.8, 4) is 11.5 Å². The molecular weight excluding hydrogens is 428 g/mol. The van der Waals surface area contributed by atoms with Crippen LogP contribution in [0, 0.1) is 5.92 Å². The number of carbonyl (C=O) groups excluding carboxylic acids is 2. The summed E-state index contributed by atoms with van der Waals surface area (Å²) in [6, 6.07) is 3.35. The van der Waals surface area contributed by atoms with Gasteiger partial charge in [0.15, 0.2) is 18.4 Å². The Bertz CT molecular complexity index is 933. The molecule has 180 valence electrons. The van der Waals surface area contributed by atoms with Crippen molar-refractivity contribution in [3.05, 3.63) is 41.5 Å². The number of esters is 1. The minimum Gasteiger partial charge on any atom is -0.497 e. The lowest BCUT2D eigenvalue weighted by Crippen LogP contribution is -2.30. The van der Waals surface area contributed by atoms with Crippen molar-refractivity contribution in [2.75, 3.05) is 21.0 Å². The van der Waals surface area contributed by atoms with Crippen molar-refractivity contribution < 1.29 is 38.0 Å². The van der Waals surface area contributed by atoms with Gasteiger partial charge in [-0.05, 0) is 44.9 Å². The minimum absolute atomic E-state index is 0.0442. The SMILES string of the molecule is COCOc1cc(OC)cc2c1C(=O)O[C@@H](C)[C@H](C)/C=C\C(=O)C1OC(C)(C)O[C@H]1CC=C2. The third-order valence-electron chi connectivity index (χ3n) is 5.61. The smallest absolute Gasteiger partial charge is 0.342 e. The summed E-state index contributed by atoms with van der Waals surface area (Å²) in [6.45, 7) is 7.17. The van der Waals surface area contributed by atoms with Crippen LogP contribution in [0.2, 0.25) is 0 Å². The number of ketones is 1. The molecular formula is C25H32O8. The Labute approximate surface area is 194 Å². The highest BCUT2D eigenvalue weighted by Crippen LogP contribution is 2.34. The molecule has 4 atom stereocenters. The molecule has 0 spiro atoms. The van der Waals surface area contributed by atoms with Crippen LogP contribution in [0.1, 0.15) is 50.0 Å². The normalized spacial score (nSPS) is 28.3. The lowest BCUT2D eigenvalue weighted by Gasteiger charge is -2.21. The van der Waals surface area contributed by atoms with Gasteiger partial charge in [-0.15, -0.1) is 0 Å². The van der Waals surface area contributed by atoms with Crippen molar-refractivity contribution in [3.63, 3.8) is 0 Å². The van der Waals surface area contributed by atoms with Gasteiger partial charge in [0, 0.05) is 19.1 Å². The fraction of sp³-hybridized carbons (Fsp3) is 0.520. The van der Waals surface area contributed by atoms with E-state index in [0.29, 0.717) is 17.7 Å². The fourth-order valence-corrected chi connectivity index (χ4v) is 3.73.